The second kappa shape index (κ2) is 9.65. The van der Waals surface area contributed by atoms with Gasteiger partial charge in [-0.25, -0.2) is 4.98 Å². The van der Waals surface area contributed by atoms with Crippen LogP contribution < -0.4 is 5.32 Å². The summed E-state index contributed by atoms with van der Waals surface area (Å²) in [6, 6.07) is 10.1. The molecule has 0 fully saturated rings. The first-order chi connectivity index (χ1) is 14.6. The number of pyridine rings is 1. The Bertz CT molecular complexity index is 1160. The van der Waals surface area contributed by atoms with Crippen LogP contribution in [0.4, 0.5) is 18.9 Å². The van der Waals surface area contributed by atoms with Crippen LogP contribution in [0.1, 0.15) is 10.4 Å². The number of thioether (sulfide) groups is 1. The number of alkyl halides is 3. The van der Waals surface area contributed by atoms with Gasteiger partial charge in [-0.2, -0.15) is 13.2 Å². The molecule has 0 saturated carbocycles. The van der Waals surface area contributed by atoms with Crippen molar-refractivity contribution in [3.8, 4) is 10.4 Å². The van der Waals surface area contributed by atoms with Crippen LogP contribution in [0.25, 0.3) is 16.1 Å². The van der Waals surface area contributed by atoms with Crippen LogP contribution >= 0.6 is 46.3 Å². The molecular weight excluding hydrogens is 486 g/mol. The van der Waals surface area contributed by atoms with E-state index < -0.39 is 11.9 Å². The fourth-order valence-electron chi connectivity index (χ4n) is 2.68. The highest BCUT2D eigenvalue weighted by molar-refractivity contribution is 7.98. The lowest BCUT2D eigenvalue weighted by Crippen LogP contribution is -2.20. The molecule has 0 saturated heterocycles. The smallest absolute Gasteiger partial charge is 0.353 e. The van der Waals surface area contributed by atoms with Gasteiger partial charge < -0.3 is 5.32 Å². The standard InChI is InChI=1S/C21H16Cl2F3N3S2/c1-11-7-12(10-28-20(11)30-2)17-5-6-18(31-17)16(9-19(27)21(24,25)26)29-15-8-13(22)3-4-14(15)23/h3-10,27,29H,1-2H3/b16-9-,27-19?. The number of benzene rings is 1. The highest BCUT2D eigenvalue weighted by Gasteiger charge is 2.33. The molecule has 0 aliphatic carbocycles. The fourth-order valence-corrected chi connectivity index (χ4v) is 4.52. The van der Waals surface area contributed by atoms with E-state index in [-0.39, 0.29) is 10.7 Å². The van der Waals surface area contributed by atoms with Crippen LogP contribution in [-0.2, 0) is 0 Å². The summed E-state index contributed by atoms with van der Waals surface area (Å²) in [5.74, 6) is 0. The molecule has 0 bridgehead atoms. The monoisotopic (exact) mass is 501 g/mol. The van der Waals surface area contributed by atoms with Gasteiger partial charge in [0, 0.05) is 21.7 Å². The lowest BCUT2D eigenvalue weighted by atomic mass is 10.2. The van der Waals surface area contributed by atoms with Gasteiger partial charge >= 0.3 is 6.18 Å². The van der Waals surface area contributed by atoms with E-state index in [1.807, 2.05) is 25.3 Å². The number of rotatable bonds is 6. The molecule has 3 nitrogen and oxygen atoms in total. The molecule has 2 aromatic heterocycles. The molecule has 2 N–H and O–H groups in total. The average Bonchev–Trinajstić information content (AvgIpc) is 3.19. The van der Waals surface area contributed by atoms with Gasteiger partial charge in [0.1, 0.15) is 5.71 Å². The summed E-state index contributed by atoms with van der Waals surface area (Å²) in [7, 11) is 0. The molecule has 10 heteroatoms. The van der Waals surface area contributed by atoms with Crippen molar-refractivity contribution in [2.75, 3.05) is 11.6 Å². The maximum Gasteiger partial charge on any atom is 0.432 e. The molecule has 0 aliphatic rings. The van der Waals surface area contributed by atoms with Gasteiger partial charge in [0.05, 0.1) is 26.3 Å². The van der Waals surface area contributed by atoms with Crippen LogP contribution in [0.2, 0.25) is 10.0 Å². The zero-order valence-electron chi connectivity index (χ0n) is 16.3. The number of hydrogen-bond acceptors (Lipinski definition) is 5. The number of hydrogen-bond donors (Lipinski definition) is 2. The van der Waals surface area contributed by atoms with E-state index in [0.717, 1.165) is 27.1 Å². The summed E-state index contributed by atoms with van der Waals surface area (Å²) in [6.07, 6.45) is -0.360. The van der Waals surface area contributed by atoms with Crippen molar-refractivity contribution < 1.29 is 13.2 Å². The highest BCUT2D eigenvalue weighted by Crippen LogP contribution is 2.36. The van der Waals surface area contributed by atoms with Gasteiger partial charge in [0.15, 0.2) is 0 Å². The predicted octanol–water partition coefficient (Wildman–Crippen LogP) is 8.18. The van der Waals surface area contributed by atoms with Crippen molar-refractivity contribution in [1.29, 1.82) is 5.41 Å². The maximum atomic E-state index is 13.0. The molecule has 0 atom stereocenters. The molecule has 31 heavy (non-hydrogen) atoms. The average molecular weight is 502 g/mol. The molecule has 0 amide bonds. The molecule has 3 aromatic rings. The van der Waals surface area contributed by atoms with E-state index in [2.05, 4.69) is 10.3 Å². The number of aryl methyl sites for hydroxylation is 1. The van der Waals surface area contributed by atoms with Crippen LogP contribution in [0, 0.1) is 12.3 Å². The Hall–Kier alpha value is -2.00. The molecule has 162 valence electrons. The Balaban J connectivity index is 2.02. The summed E-state index contributed by atoms with van der Waals surface area (Å²) < 4.78 is 39.1. The lowest BCUT2D eigenvalue weighted by Gasteiger charge is -2.13. The van der Waals surface area contributed by atoms with E-state index in [9.17, 15) is 13.2 Å². The number of nitrogens with zero attached hydrogens (tertiary/aromatic N) is 1. The van der Waals surface area contributed by atoms with Gasteiger partial charge in [-0.15, -0.1) is 23.1 Å². The van der Waals surface area contributed by atoms with E-state index >= 15 is 0 Å². The van der Waals surface area contributed by atoms with Crippen LogP contribution in [0.3, 0.4) is 0 Å². The normalized spacial score (nSPS) is 12.2. The Labute approximate surface area is 195 Å². The van der Waals surface area contributed by atoms with Gasteiger partial charge in [0.2, 0.25) is 0 Å². The Morgan fingerprint density at radius 3 is 2.58 bits per heavy atom. The second-order valence-electron chi connectivity index (χ2n) is 6.43. The van der Waals surface area contributed by atoms with Crippen LogP contribution in [0.15, 0.2) is 53.7 Å². The zero-order chi connectivity index (χ0) is 22.8. The van der Waals surface area contributed by atoms with Crippen LogP contribution in [-0.4, -0.2) is 23.1 Å². The first kappa shape index (κ1) is 23.7. The van der Waals surface area contributed by atoms with Crippen molar-refractivity contribution in [3.63, 3.8) is 0 Å². The fraction of sp³-hybridized carbons (Fsp3) is 0.143. The number of thiophene rings is 1. The predicted molar refractivity (Wildman–Crippen MR) is 126 cm³/mol. The van der Waals surface area contributed by atoms with Crippen molar-refractivity contribution in [2.24, 2.45) is 0 Å². The molecule has 0 aliphatic heterocycles. The molecular formula is C21H16Cl2F3N3S2. The molecule has 0 unspecified atom stereocenters. The Morgan fingerprint density at radius 2 is 1.94 bits per heavy atom. The number of nitrogens with one attached hydrogen (secondary N) is 2. The van der Waals surface area contributed by atoms with Gasteiger partial charge in [0.25, 0.3) is 0 Å². The van der Waals surface area contributed by atoms with Gasteiger partial charge in [-0.05, 0) is 61.2 Å². The summed E-state index contributed by atoms with van der Waals surface area (Å²) in [5.41, 5.74) is 0.821. The lowest BCUT2D eigenvalue weighted by molar-refractivity contribution is -0.0583. The maximum absolute atomic E-state index is 13.0. The zero-order valence-corrected chi connectivity index (χ0v) is 19.4. The first-order valence-corrected chi connectivity index (χ1v) is 11.6. The van der Waals surface area contributed by atoms with Crippen molar-refractivity contribution in [2.45, 2.75) is 18.1 Å². The third-order valence-electron chi connectivity index (χ3n) is 4.17. The van der Waals surface area contributed by atoms with Crippen molar-refractivity contribution in [1.82, 2.24) is 4.98 Å². The van der Waals surface area contributed by atoms with E-state index in [4.69, 9.17) is 28.6 Å². The third-order valence-corrected chi connectivity index (χ3v) is 6.72. The Kier molecular flexibility index (Phi) is 7.36. The summed E-state index contributed by atoms with van der Waals surface area (Å²) >= 11 is 15.0. The SMILES string of the molecule is CSc1ncc(-c2ccc(/C(=C/C(=N)C(F)(F)F)Nc3cc(Cl)ccc3Cl)s2)cc1C. The number of allylic oxidation sites excluding steroid dienone is 1. The molecule has 0 radical (unpaired) electrons. The number of halogens is 5. The summed E-state index contributed by atoms with van der Waals surface area (Å²) in [6.45, 7) is 1.95. The van der Waals surface area contributed by atoms with Crippen molar-refractivity contribution in [3.05, 3.63) is 69.2 Å². The molecule has 1 aromatic carbocycles. The van der Waals surface area contributed by atoms with Gasteiger partial charge in [-0.3, -0.25) is 5.41 Å². The van der Waals surface area contributed by atoms with E-state index in [1.165, 1.54) is 17.4 Å². The topological polar surface area (TPSA) is 48.8 Å². The minimum Gasteiger partial charge on any atom is -0.353 e. The van der Waals surface area contributed by atoms with Crippen LogP contribution in [0.5, 0.6) is 0 Å². The Morgan fingerprint density at radius 1 is 1.19 bits per heavy atom. The number of anilines is 1. The minimum absolute atomic E-state index is 0.0909. The van der Waals surface area contributed by atoms with Crippen molar-refractivity contribution >= 4 is 63.4 Å². The van der Waals surface area contributed by atoms with Gasteiger partial charge in [-0.1, -0.05) is 23.2 Å². The first-order valence-electron chi connectivity index (χ1n) is 8.79. The minimum atomic E-state index is -4.78. The quantitative estimate of drug-likeness (QED) is 0.264. The molecule has 0 spiro atoms. The number of aromatic nitrogens is 1. The summed E-state index contributed by atoms with van der Waals surface area (Å²) in [4.78, 5) is 5.76. The third kappa shape index (κ3) is 5.83. The molecule has 3 rings (SSSR count). The summed E-state index contributed by atoms with van der Waals surface area (Å²) in [5, 5.41) is 11.9. The largest absolute Gasteiger partial charge is 0.432 e. The second-order valence-corrected chi connectivity index (χ2v) is 9.16. The van der Waals surface area contributed by atoms with E-state index in [1.54, 1.807) is 36.2 Å². The highest BCUT2D eigenvalue weighted by atomic mass is 35.5. The van der Waals surface area contributed by atoms with E-state index in [0.29, 0.717) is 15.6 Å². The molecule has 2 heterocycles.